The third-order valence-electron chi connectivity index (χ3n) is 5.96. The lowest BCUT2D eigenvalue weighted by atomic mass is 10.1. The first-order chi connectivity index (χ1) is 17.5. The van der Waals surface area contributed by atoms with Crippen molar-refractivity contribution in [1.82, 2.24) is 24.9 Å². The molecule has 1 aliphatic heterocycles. The largest absolute Gasteiger partial charge is 0.340 e. The van der Waals surface area contributed by atoms with E-state index in [0.29, 0.717) is 36.2 Å². The Morgan fingerprint density at radius 1 is 1.00 bits per heavy atom. The summed E-state index contributed by atoms with van der Waals surface area (Å²) >= 11 is 0. The van der Waals surface area contributed by atoms with E-state index in [2.05, 4.69) is 31.2 Å². The summed E-state index contributed by atoms with van der Waals surface area (Å²) in [5.74, 6) is 0.573. The highest BCUT2D eigenvalue weighted by Crippen LogP contribution is 2.25. The molecule has 9 nitrogen and oxygen atoms in total. The second-order valence-corrected chi connectivity index (χ2v) is 10.4. The van der Waals surface area contributed by atoms with Gasteiger partial charge >= 0.3 is 0 Å². The van der Waals surface area contributed by atoms with Gasteiger partial charge < -0.3 is 21.3 Å². The number of nitrogens with zero attached hydrogens (tertiary/aromatic N) is 3. The maximum atomic E-state index is 13.5. The Labute approximate surface area is 211 Å². The first-order valence-corrected chi connectivity index (χ1v) is 13.6. The highest BCUT2D eigenvalue weighted by molar-refractivity contribution is 7.89. The van der Waals surface area contributed by atoms with Crippen LogP contribution in [0.25, 0.3) is 0 Å². The van der Waals surface area contributed by atoms with Crippen molar-refractivity contribution in [3.05, 3.63) is 66.6 Å². The van der Waals surface area contributed by atoms with Crippen molar-refractivity contribution in [3.63, 3.8) is 0 Å². The van der Waals surface area contributed by atoms with Crippen molar-refractivity contribution in [1.29, 1.82) is 0 Å². The topological polar surface area (TPSA) is 111 Å². The van der Waals surface area contributed by atoms with Gasteiger partial charge in [0, 0.05) is 36.7 Å². The monoisotopic (exact) mass is 513 g/mol. The van der Waals surface area contributed by atoms with Gasteiger partial charge in [-0.25, -0.2) is 17.8 Å². The van der Waals surface area contributed by atoms with Gasteiger partial charge in [-0.3, -0.25) is 0 Å². The minimum Gasteiger partial charge on any atom is -0.340 e. The molecular formula is C25H32FN7O2S. The van der Waals surface area contributed by atoms with Gasteiger partial charge in [0.1, 0.15) is 11.6 Å². The van der Waals surface area contributed by atoms with Gasteiger partial charge in [-0.15, -0.1) is 0 Å². The summed E-state index contributed by atoms with van der Waals surface area (Å²) in [7, 11) is -3.65. The molecule has 1 saturated heterocycles. The highest BCUT2D eigenvalue weighted by atomic mass is 32.2. The molecule has 1 fully saturated rings. The second kappa shape index (κ2) is 12.2. The molecular weight excluding hydrogens is 481 g/mol. The Morgan fingerprint density at radius 2 is 1.67 bits per heavy atom. The van der Waals surface area contributed by atoms with Gasteiger partial charge in [0.2, 0.25) is 16.0 Å². The molecule has 0 unspecified atom stereocenters. The molecule has 192 valence electrons. The number of nitrogens with one attached hydrogen (secondary N) is 4. The van der Waals surface area contributed by atoms with E-state index in [1.807, 2.05) is 6.92 Å². The van der Waals surface area contributed by atoms with E-state index in [0.717, 1.165) is 32.5 Å². The van der Waals surface area contributed by atoms with Crippen molar-refractivity contribution >= 4 is 33.2 Å². The third-order valence-corrected chi connectivity index (χ3v) is 7.93. The van der Waals surface area contributed by atoms with Crippen LogP contribution in [0.15, 0.2) is 65.7 Å². The molecule has 0 aliphatic carbocycles. The molecule has 2 heterocycles. The number of aromatic nitrogens is 2. The Bertz CT molecular complexity index is 1220. The summed E-state index contributed by atoms with van der Waals surface area (Å²) in [6, 6.07) is 14.3. The van der Waals surface area contributed by atoms with Crippen LogP contribution in [0.2, 0.25) is 0 Å². The predicted octanol–water partition coefficient (Wildman–Crippen LogP) is 3.46. The fraction of sp³-hybridized carbons (Fsp3) is 0.360. The summed E-state index contributed by atoms with van der Waals surface area (Å²) in [6.07, 6.45) is 3.19. The van der Waals surface area contributed by atoms with Gasteiger partial charge in [0.15, 0.2) is 0 Å². The lowest BCUT2D eigenvalue weighted by molar-refractivity contribution is 0.262. The smallest absolute Gasteiger partial charge is 0.243 e. The zero-order valence-electron chi connectivity index (χ0n) is 20.2. The Morgan fingerprint density at radius 3 is 2.36 bits per heavy atom. The summed E-state index contributed by atoms with van der Waals surface area (Å²) in [4.78, 5) is 8.91. The summed E-state index contributed by atoms with van der Waals surface area (Å²) in [5, 5.41) is 12.7. The maximum absolute atomic E-state index is 13.5. The number of sulfonamides is 1. The van der Waals surface area contributed by atoms with Gasteiger partial charge in [0.05, 0.1) is 4.90 Å². The van der Waals surface area contributed by atoms with Gasteiger partial charge in [-0.05, 0) is 87.1 Å². The lowest BCUT2D eigenvalue weighted by Crippen LogP contribution is -2.48. The molecule has 2 aromatic carbocycles. The maximum Gasteiger partial charge on any atom is 0.243 e. The van der Waals surface area contributed by atoms with Crippen LogP contribution in [0.5, 0.6) is 0 Å². The predicted molar refractivity (Wildman–Crippen MR) is 140 cm³/mol. The van der Waals surface area contributed by atoms with Crippen LogP contribution in [0, 0.1) is 5.82 Å². The molecule has 3 aromatic rings. The SMILES string of the molecule is CCNCCN(C1CCNCC1)S(=O)(=O)c1ccc(Nc2nccc(Nc3ccc(F)cc3)n2)cc1. The molecule has 1 aliphatic rings. The molecule has 4 rings (SSSR count). The number of anilines is 4. The molecule has 0 saturated carbocycles. The number of hydrogen-bond donors (Lipinski definition) is 4. The quantitative estimate of drug-likeness (QED) is 0.289. The fourth-order valence-electron chi connectivity index (χ4n) is 4.10. The Kier molecular flexibility index (Phi) is 8.81. The van der Waals surface area contributed by atoms with Gasteiger partial charge in [-0.2, -0.15) is 9.29 Å². The number of benzene rings is 2. The van der Waals surface area contributed by atoms with Crippen LogP contribution in [0.4, 0.5) is 27.5 Å². The zero-order valence-corrected chi connectivity index (χ0v) is 21.1. The van der Waals surface area contributed by atoms with Crippen molar-refractivity contribution in [3.8, 4) is 0 Å². The van der Waals surface area contributed by atoms with Crippen molar-refractivity contribution < 1.29 is 12.8 Å². The van der Waals surface area contributed by atoms with Crippen LogP contribution in [0.3, 0.4) is 0 Å². The van der Waals surface area contributed by atoms with Crippen LogP contribution >= 0.6 is 0 Å². The normalized spacial score (nSPS) is 14.6. The molecule has 1 aromatic heterocycles. The Hall–Kier alpha value is -3.12. The van der Waals surface area contributed by atoms with E-state index >= 15 is 0 Å². The van der Waals surface area contributed by atoms with Gasteiger partial charge in [-0.1, -0.05) is 6.92 Å². The molecule has 0 bridgehead atoms. The average Bonchev–Trinajstić information content (AvgIpc) is 2.89. The second-order valence-electron chi connectivity index (χ2n) is 8.50. The van der Waals surface area contributed by atoms with E-state index in [-0.39, 0.29) is 16.8 Å². The van der Waals surface area contributed by atoms with E-state index < -0.39 is 10.0 Å². The van der Waals surface area contributed by atoms with Crippen molar-refractivity contribution in [2.75, 3.05) is 43.4 Å². The number of piperidine rings is 1. The van der Waals surface area contributed by atoms with Crippen LogP contribution in [0.1, 0.15) is 19.8 Å². The molecule has 0 amide bonds. The molecule has 36 heavy (non-hydrogen) atoms. The molecule has 0 radical (unpaired) electrons. The minimum atomic E-state index is -3.65. The Balaban J connectivity index is 1.46. The van der Waals surface area contributed by atoms with E-state index in [1.54, 1.807) is 53.0 Å². The highest BCUT2D eigenvalue weighted by Gasteiger charge is 2.31. The molecule has 0 atom stereocenters. The zero-order chi connectivity index (χ0) is 25.4. The van der Waals surface area contributed by atoms with Crippen molar-refractivity contribution in [2.24, 2.45) is 0 Å². The number of likely N-dealkylation sites (N-methyl/N-ethyl adjacent to an activating group) is 1. The molecule has 0 spiro atoms. The first-order valence-electron chi connectivity index (χ1n) is 12.1. The first kappa shape index (κ1) is 26.0. The van der Waals surface area contributed by atoms with Crippen LogP contribution in [-0.2, 0) is 10.0 Å². The van der Waals surface area contributed by atoms with Crippen LogP contribution < -0.4 is 21.3 Å². The summed E-state index contributed by atoms with van der Waals surface area (Å²) in [5.41, 5.74) is 1.36. The van der Waals surface area contributed by atoms with Crippen LogP contribution in [-0.4, -0.2) is 61.5 Å². The number of rotatable bonds is 11. The molecule has 11 heteroatoms. The standard InChI is InChI=1S/C25H32FN7O2S/c1-2-27-17-18-33(22-11-14-28-15-12-22)36(34,35)23-9-7-21(8-10-23)31-25-29-16-13-24(32-25)30-20-5-3-19(26)4-6-20/h3-10,13,16,22,27-28H,2,11-12,14-15,17-18H2,1H3,(H2,29,30,31,32). The summed E-state index contributed by atoms with van der Waals surface area (Å²) < 4.78 is 41.9. The lowest BCUT2D eigenvalue weighted by Gasteiger charge is -2.33. The van der Waals surface area contributed by atoms with E-state index in [9.17, 15) is 12.8 Å². The third kappa shape index (κ3) is 6.76. The van der Waals surface area contributed by atoms with Gasteiger partial charge in [0.25, 0.3) is 0 Å². The fourth-order valence-corrected chi connectivity index (χ4v) is 5.79. The average molecular weight is 514 g/mol. The number of halogens is 1. The van der Waals surface area contributed by atoms with Crippen molar-refractivity contribution in [2.45, 2.75) is 30.7 Å². The van der Waals surface area contributed by atoms with E-state index in [1.165, 1.54) is 12.1 Å². The minimum absolute atomic E-state index is 0.0162. The number of hydrogen-bond acceptors (Lipinski definition) is 8. The summed E-state index contributed by atoms with van der Waals surface area (Å²) in [6.45, 7) is 5.48. The molecule has 4 N–H and O–H groups in total. The van der Waals surface area contributed by atoms with E-state index in [4.69, 9.17) is 0 Å².